The summed E-state index contributed by atoms with van der Waals surface area (Å²) in [6, 6.07) is 0. The third-order valence-electron chi connectivity index (χ3n) is 0.897. The average molecular weight is 112 g/mol. The van der Waals surface area contributed by atoms with Crippen LogP contribution in [0.5, 0.6) is 0 Å². The molecule has 0 saturated carbocycles. The molecule has 0 aliphatic rings. The molecule has 0 saturated heterocycles. The van der Waals surface area contributed by atoms with Crippen molar-refractivity contribution in [3.63, 3.8) is 0 Å². The molecule has 0 aromatic rings. The number of hydrogen-bond donors (Lipinski definition) is 1. The molecule has 2 heteroatoms. The summed E-state index contributed by atoms with van der Waals surface area (Å²) in [5.41, 5.74) is 4.63. The Hall–Kier alpha value is -0.790. The quantitative estimate of drug-likeness (QED) is 0.420. The van der Waals surface area contributed by atoms with Gasteiger partial charge >= 0.3 is 0 Å². The van der Waals surface area contributed by atoms with E-state index in [9.17, 15) is 0 Å². The van der Waals surface area contributed by atoms with Gasteiger partial charge in [0, 0.05) is 7.05 Å². The lowest BCUT2D eigenvalue weighted by molar-refractivity contribution is 0.899. The van der Waals surface area contributed by atoms with Crippen molar-refractivity contribution in [2.45, 2.75) is 13.8 Å². The van der Waals surface area contributed by atoms with Gasteiger partial charge in [-0.05, 0) is 19.4 Å². The summed E-state index contributed by atoms with van der Waals surface area (Å²) in [5, 5.41) is 3.89. The SMILES string of the molecule is C=C(C)C(C)=NNC. The highest BCUT2D eigenvalue weighted by Crippen LogP contribution is 1.88. The van der Waals surface area contributed by atoms with Gasteiger partial charge in [0.25, 0.3) is 0 Å². The fourth-order valence-corrected chi connectivity index (χ4v) is 0.263. The molecule has 8 heavy (non-hydrogen) atoms. The molecule has 0 radical (unpaired) electrons. The lowest BCUT2D eigenvalue weighted by Gasteiger charge is -1.94. The Morgan fingerprint density at radius 2 is 2.00 bits per heavy atom. The van der Waals surface area contributed by atoms with Gasteiger partial charge < -0.3 is 5.43 Å². The molecule has 0 fully saturated rings. The second-order valence-corrected chi connectivity index (χ2v) is 1.70. The fourth-order valence-electron chi connectivity index (χ4n) is 0.263. The lowest BCUT2D eigenvalue weighted by Crippen LogP contribution is -2.01. The Labute approximate surface area is 50.3 Å². The fraction of sp³-hybridized carbons (Fsp3) is 0.500. The van der Waals surface area contributed by atoms with Crippen molar-refractivity contribution < 1.29 is 0 Å². The normalized spacial score (nSPS) is 11.1. The molecule has 0 amide bonds. The highest BCUT2D eigenvalue weighted by molar-refractivity contribution is 5.96. The smallest absolute Gasteiger partial charge is 0.0595 e. The van der Waals surface area contributed by atoms with E-state index in [1.807, 2.05) is 13.8 Å². The first kappa shape index (κ1) is 7.21. The molecular formula is C6H12N2. The average Bonchev–Trinajstić information content (AvgIpc) is 1.67. The summed E-state index contributed by atoms with van der Waals surface area (Å²) < 4.78 is 0. The summed E-state index contributed by atoms with van der Waals surface area (Å²) in [6.45, 7) is 7.55. The number of nitrogens with one attached hydrogen (secondary N) is 1. The van der Waals surface area contributed by atoms with Crippen molar-refractivity contribution in [2.75, 3.05) is 7.05 Å². The Morgan fingerprint density at radius 1 is 1.50 bits per heavy atom. The van der Waals surface area contributed by atoms with Gasteiger partial charge in [0.15, 0.2) is 0 Å². The van der Waals surface area contributed by atoms with E-state index in [1.165, 1.54) is 0 Å². The van der Waals surface area contributed by atoms with E-state index in [2.05, 4.69) is 17.1 Å². The summed E-state index contributed by atoms with van der Waals surface area (Å²) in [4.78, 5) is 0. The molecule has 0 heterocycles. The van der Waals surface area contributed by atoms with Gasteiger partial charge in [-0.3, -0.25) is 0 Å². The molecule has 0 aromatic heterocycles. The molecule has 0 aromatic carbocycles. The monoisotopic (exact) mass is 112 g/mol. The summed E-state index contributed by atoms with van der Waals surface area (Å²) in [7, 11) is 1.77. The van der Waals surface area contributed by atoms with Crippen LogP contribution in [-0.4, -0.2) is 12.8 Å². The maximum absolute atomic E-state index is 3.89. The van der Waals surface area contributed by atoms with Crippen molar-refractivity contribution >= 4 is 5.71 Å². The van der Waals surface area contributed by atoms with Gasteiger partial charge in [-0.25, -0.2) is 0 Å². The van der Waals surface area contributed by atoms with Gasteiger partial charge in [-0.15, -0.1) is 0 Å². The molecule has 1 N–H and O–H groups in total. The van der Waals surface area contributed by atoms with Crippen molar-refractivity contribution in [1.82, 2.24) is 5.43 Å². The van der Waals surface area contributed by atoms with Gasteiger partial charge in [0.05, 0.1) is 5.71 Å². The molecule has 46 valence electrons. The Kier molecular flexibility index (Phi) is 2.92. The van der Waals surface area contributed by atoms with E-state index in [0.717, 1.165) is 11.3 Å². The minimum Gasteiger partial charge on any atom is -0.313 e. The van der Waals surface area contributed by atoms with Crippen LogP contribution in [0.3, 0.4) is 0 Å². The van der Waals surface area contributed by atoms with Crippen LogP contribution in [0.1, 0.15) is 13.8 Å². The number of hydrazone groups is 1. The molecule has 0 aliphatic carbocycles. The zero-order chi connectivity index (χ0) is 6.57. The third kappa shape index (κ3) is 2.39. The zero-order valence-electron chi connectivity index (χ0n) is 5.65. The van der Waals surface area contributed by atoms with E-state index < -0.39 is 0 Å². The second-order valence-electron chi connectivity index (χ2n) is 1.70. The van der Waals surface area contributed by atoms with Gasteiger partial charge in [0.1, 0.15) is 0 Å². The predicted octanol–water partition coefficient (Wildman–Crippen LogP) is 1.16. The van der Waals surface area contributed by atoms with Crippen LogP contribution in [0.2, 0.25) is 0 Å². The first-order valence-electron chi connectivity index (χ1n) is 2.55. The minimum atomic E-state index is 0.951. The second kappa shape index (κ2) is 3.24. The van der Waals surface area contributed by atoms with Crippen LogP contribution in [-0.2, 0) is 0 Å². The molecular weight excluding hydrogens is 100 g/mol. The van der Waals surface area contributed by atoms with Crippen molar-refractivity contribution in [3.8, 4) is 0 Å². The predicted molar refractivity (Wildman–Crippen MR) is 37.0 cm³/mol. The lowest BCUT2D eigenvalue weighted by atomic mass is 10.2. The summed E-state index contributed by atoms with van der Waals surface area (Å²) in [5.74, 6) is 0. The molecule has 2 nitrogen and oxygen atoms in total. The van der Waals surface area contributed by atoms with E-state index in [4.69, 9.17) is 0 Å². The summed E-state index contributed by atoms with van der Waals surface area (Å²) in [6.07, 6.45) is 0. The Morgan fingerprint density at radius 3 is 2.12 bits per heavy atom. The summed E-state index contributed by atoms with van der Waals surface area (Å²) >= 11 is 0. The highest BCUT2D eigenvalue weighted by Gasteiger charge is 1.86. The van der Waals surface area contributed by atoms with Gasteiger partial charge in [0.2, 0.25) is 0 Å². The van der Waals surface area contributed by atoms with Crippen LogP contribution < -0.4 is 5.43 Å². The standard InChI is InChI=1S/C6H12N2/c1-5(2)6(3)8-7-4/h7H,1H2,2-4H3. The highest BCUT2D eigenvalue weighted by atomic mass is 15.3. The Bertz CT molecular complexity index is 114. The van der Waals surface area contributed by atoms with E-state index >= 15 is 0 Å². The van der Waals surface area contributed by atoms with Crippen LogP contribution in [0.15, 0.2) is 17.3 Å². The van der Waals surface area contributed by atoms with E-state index in [0.29, 0.717) is 0 Å². The number of rotatable bonds is 2. The maximum atomic E-state index is 3.89. The van der Waals surface area contributed by atoms with Crippen LogP contribution in [0.25, 0.3) is 0 Å². The van der Waals surface area contributed by atoms with E-state index in [-0.39, 0.29) is 0 Å². The van der Waals surface area contributed by atoms with Crippen LogP contribution in [0, 0.1) is 0 Å². The maximum Gasteiger partial charge on any atom is 0.0595 e. The van der Waals surface area contributed by atoms with Gasteiger partial charge in [-0.2, -0.15) is 5.10 Å². The molecule has 0 spiro atoms. The number of allylic oxidation sites excluding steroid dienone is 1. The van der Waals surface area contributed by atoms with Crippen LogP contribution in [0.4, 0.5) is 0 Å². The van der Waals surface area contributed by atoms with E-state index in [1.54, 1.807) is 7.05 Å². The number of hydrogen-bond acceptors (Lipinski definition) is 2. The van der Waals surface area contributed by atoms with Crippen molar-refractivity contribution in [3.05, 3.63) is 12.2 Å². The zero-order valence-corrected chi connectivity index (χ0v) is 5.65. The first-order chi connectivity index (χ1) is 3.68. The van der Waals surface area contributed by atoms with Crippen molar-refractivity contribution in [2.24, 2.45) is 5.10 Å². The van der Waals surface area contributed by atoms with Gasteiger partial charge in [-0.1, -0.05) is 6.58 Å². The largest absolute Gasteiger partial charge is 0.313 e. The number of nitrogens with zero attached hydrogens (tertiary/aromatic N) is 1. The molecule has 0 unspecified atom stereocenters. The third-order valence-corrected chi connectivity index (χ3v) is 0.897. The molecule has 0 bridgehead atoms. The molecule has 0 aliphatic heterocycles. The van der Waals surface area contributed by atoms with Crippen LogP contribution >= 0.6 is 0 Å². The first-order valence-corrected chi connectivity index (χ1v) is 2.55. The Balaban J connectivity index is 3.80. The minimum absolute atomic E-state index is 0.951. The molecule has 0 atom stereocenters. The molecule has 0 rings (SSSR count). The topological polar surface area (TPSA) is 24.4 Å². The van der Waals surface area contributed by atoms with Crippen molar-refractivity contribution in [1.29, 1.82) is 0 Å².